The molecule has 0 amide bonds. The average Bonchev–Trinajstić information content (AvgIpc) is 2.93. The topological polar surface area (TPSA) is 21.7 Å². The number of allylic oxidation sites excluding steroid dienone is 1. The highest BCUT2D eigenvalue weighted by molar-refractivity contribution is 5.80. The highest BCUT2D eigenvalue weighted by atomic mass is 16.5. The van der Waals surface area contributed by atoms with E-state index in [1.165, 1.54) is 42.4 Å². The molecule has 3 heteroatoms. The van der Waals surface area contributed by atoms with Crippen molar-refractivity contribution in [2.45, 2.75) is 46.5 Å². The van der Waals surface area contributed by atoms with Gasteiger partial charge in [0.25, 0.3) is 0 Å². The van der Waals surface area contributed by atoms with Gasteiger partial charge in [0.05, 0.1) is 13.2 Å². The monoisotopic (exact) mass is 419 g/mol. The normalized spacial score (nSPS) is 19.5. The summed E-state index contributed by atoms with van der Waals surface area (Å²) in [6.07, 6.45) is 7.24. The molecule has 1 aliphatic heterocycles. The fraction of sp³-hybridized carbons (Fsp3) is 0.500. The minimum absolute atomic E-state index is 0.454. The van der Waals surface area contributed by atoms with Crippen molar-refractivity contribution < 1.29 is 9.47 Å². The molecule has 2 aliphatic rings. The number of morpholine rings is 1. The molecule has 0 saturated carbocycles. The molecular weight excluding hydrogens is 382 g/mol. The minimum atomic E-state index is 0.454. The number of nitrogens with zero attached hydrogens (tertiary/aromatic N) is 1. The zero-order valence-corrected chi connectivity index (χ0v) is 19.5. The summed E-state index contributed by atoms with van der Waals surface area (Å²) in [5.74, 6) is 0.940. The van der Waals surface area contributed by atoms with E-state index in [0.29, 0.717) is 5.41 Å². The Labute approximate surface area is 188 Å². The van der Waals surface area contributed by atoms with E-state index in [0.717, 1.165) is 45.2 Å². The van der Waals surface area contributed by atoms with Gasteiger partial charge in [0.2, 0.25) is 0 Å². The van der Waals surface area contributed by atoms with Gasteiger partial charge in [-0.3, -0.25) is 4.90 Å². The fourth-order valence-electron chi connectivity index (χ4n) is 4.53. The second kappa shape index (κ2) is 10.0. The van der Waals surface area contributed by atoms with Gasteiger partial charge in [-0.1, -0.05) is 50.3 Å². The molecule has 2 aromatic rings. The molecule has 1 heterocycles. The van der Waals surface area contributed by atoms with Gasteiger partial charge < -0.3 is 9.47 Å². The Hall–Kier alpha value is -2.10. The van der Waals surface area contributed by atoms with E-state index >= 15 is 0 Å². The van der Waals surface area contributed by atoms with E-state index in [1.807, 2.05) is 0 Å². The largest absolute Gasteiger partial charge is 0.492 e. The molecule has 4 rings (SSSR count). The van der Waals surface area contributed by atoms with Crippen molar-refractivity contribution in [2.24, 2.45) is 5.41 Å². The van der Waals surface area contributed by atoms with Gasteiger partial charge >= 0.3 is 0 Å². The maximum atomic E-state index is 5.94. The van der Waals surface area contributed by atoms with Crippen LogP contribution in [-0.2, 0) is 17.6 Å². The molecule has 1 aliphatic carbocycles. The highest BCUT2D eigenvalue weighted by Crippen LogP contribution is 2.34. The summed E-state index contributed by atoms with van der Waals surface area (Å²) < 4.78 is 11.3. The van der Waals surface area contributed by atoms with Crippen molar-refractivity contribution >= 4 is 11.6 Å². The van der Waals surface area contributed by atoms with E-state index in [-0.39, 0.29) is 0 Å². The zero-order chi connectivity index (χ0) is 21.7. The maximum Gasteiger partial charge on any atom is 0.119 e. The summed E-state index contributed by atoms with van der Waals surface area (Å²) in [5, 5.41) is 0. The Morgan fingerprint density at radius 2 is 1.71 bits per heavy atom. The Balaban J connectivity index is 1.35. The number of benzene rings is 2. The van der Waals surface area contributed by atoms with Crippen molar-refractivity contribution in [2.75, 3.05) is 39.5 Å². The molecule has 1 fully saturated rings. The molecule has 1 saturated heterocycles. The predicted molar refractivity (Wildman–Crippen MR) is 130 cm³/mol. The van der Waals surface area contributed by atoms with Gasteiger partial charge in [-0.05, 0) is 78.0 Å². The van der Waals surface area contributed by atoms with E-state index in [9.17, 15) is 0 Å². The highest BCUT2D eigenvalue weighted by Gasteiger charge is 2.22. The molecule has 0 unspecified atom stereocenters. The molecule has 0 spiro atoms. The molecule has 0 atom stereocenters. The number of rotatable bonds is 6. The SMILES string of the molecule is C/C(=C\c1ccc(OCCN2CCOCC2)cc1)c1ccc2c(c1)CCC(C)(C)CC2. The van der Waals surface area contributed by atoms with Crippen molar-refractivity contribution in [3.05, 3.63) is 64.7 Å². The lowest BCUT2D eigenvalue weighted by atomic mass is 9.85. The van der Waals surface area contributed by atoms with Crippen LogP contribution < -0.4 is 4.74 Å². The van der Waals surface area contributed by atoms with Gasteiger partial charge in [0.1, 0.15) is 12.4 Å². The molecule has 2 aromatic carbocycles. The Kier molecular flexibility index (Phi) is 7.14. The van der Waals surface area contributed by atoms with Crippen molar-refractivity contribution in [1.29, 1.82) is 0 Å². The molecule has 0 bridgehead atoms. The van der Waals surface area contributed by atoms with Crippen LogP contribution in [0.2, 0.25) is 0 Å². The van der Waals surface area contributed by atoms with E-state index in [4.69, 9.17) is 9.47 Å². The first kappa shape index (κ1) is 22.1. The Bertz CT molecular complexity index is 892. The van der Waals surface area contributed by atoms with Crippen LogP contribution in [0.15, 0.2) is 42.5 Å². The van der Waals surface area contributed by atoms with Crippen LogP contribution in [0.4, 0.5) is 0 Å². The first-order valence-corrected chi connectivity index (χ1v) is 11.8. The van der Waals surface area contributed by atoms with E-state index in [1.54, 1.807) is 11.1 Å². The van der Waals surface area contributed by atoms with Gasteiger partial charge in [0.15, 0.2) is 0 Å². The Morgan fingerprint density at radius 3 is 2.45 bits per heavy atom. The number of hydrogen-bond donors (Lipinski definition) is 0. The van der Waals surface area contributed by atoms with Crippen LogP contribution in [0.25, 0.3) is 11.6 Å². The van der Waals surface area contributed by atoms with Crippen LogP contribution in [0.5, 0.6) is 5.75 Å². The summed E-state index contributed by atoms with van der Waals surface area (Å²) >= 11 is 0. The van der Waals surface area contributed by atoms with Crippen LogP contribution in [-0.4, -0.2) is 44.4 Å². The lowest BCUT2D eigenvalue weighted by Gasteiger charge is -2.26. The summed E-state index contributed by atoms with van der Waals surface area (Å²) in [4.78, 5) is 2.39. The van der Waals surface area contributed by atoms with E-state index < -0.39 is 0 Å². The summed E-state index contributed by atoms with van der Waals surface area (Å²) in [7, 11) is 0. The Morgan fingerprint density at radius 1 is 1.00 bits per heavy atom. The second-order valence-corrected chi connectivity index (χ2v) is 9.85. The van der Waals surface area contributed by atoms with Gasteiger partial charge in [-0.25, -0.2) is 0 Å². The van der Waals surface area contributed by atoms with Crippen molar-refractivity contribution in [3.8, 4) is 5.75 Å². The number of fused-ring (bicyclic) bond motifs is 1. The quantitative estimate of drug-likeness (QED) is 0.432. The second-order valence-electron chi connectivity index (χ2n) is 9.85. The lowest BCUT2D eigenvalue weighted by molar-refractivity contribution is 0.0322. The standard InChI is InChI=1S/C28H37NO2/c1-22(25-7-6-24-10-12-28(2,3)13-11-26(24)21-25)20-23-4-8-27(9-5-23)31-19-16-29-14-17-30-18-15-29/h4-9,20-21H,10-19H2,1-3H3/b22-20+. The third kappa shape index (κ3) is 6.21. The fourth-order valence-corrected chi connectivity index (χ4v) is 4.53. The zero-order valence-electron chi connectivity index (χ0n) is 19.5. The maximum absolute atomic E-state index is 5.94. The van der Waals surface area contributed by atoms with Crippen LogP contribution in [0.3, 0.4) is 0 Å². The third-order valence-electron chi connectivity index (χ3n) is 6.85. The summed E-state index contributed by atoms with van der Waals surface area (Å²) in [5.41, 5.74) is 7.40. The number of ether oxygens (including phenoxy) is 2. The first-order valence-electron chi connectivity index (χ1n) is 11.8. The predicted octanol–water partition coefficient (Wildman–Crippen LogP) is 5.86. The number of hydrogen-bond acceptors (Lipinski definition) is 3. The molecule has 31 heavy (non-hydrogen) atoms. The molecule has 0 aromatic heterocycles. The lowest BCUT2D eigenvalue weighted by Crippen LogP contribution is -2.38. The van der Waals surface area contributed by atoms with Gasteiger partial charge in [-0.2, -0.15) is 0 Å². The summed E-state index contributed by atoms with van der Waals surface area (Å²) in [6, 6.07) is 15.5. The van der Waals surface area contributed by atoms with Crippen LogP contribution in [0, 0.1) is 5.41 Å². The van der Waals surface area contributed by atoms with Gasteiger partial charge in [0, 0.05) is 19.6 Å². The molecule has 0 radical (unpaired) electrons. The average molecular weight is 420 g/mol. The minimum Gasteiger partial charge on any atom is -0.492 e. The molecule has 0 N–H and O–H groups in total. The third-order valence-corrected chi connectivity index (χ3v) is 6.85. The van der Waals surface area contributed by atoms with Crippen LogP contribution in [0.1, 0.15) is 55.9 Å². The number of aryl methyl sites for hydroxylation is 2. The molecular formula is C28H37NO2. The van der Waals surface area contributed by atoms with Crippen molar-refractivity contribution in [3.63, 3.8) is 0 Å². The van der Waals surface area contributed by atoms with Crippen molar-refractivity contribution in [1.82, 2.24) is 4.90 Å². The molecule has 166 valence electrons. The first-order chi connectivity index (χ1) is 15.0. The van der Waals surface area contributed by atoms with Gasteiger partial charge in [-0.15, -0.1) is 0 Å². The van der Waals surface area contributed by atoms with E-state index in [2.05, 4.69) is 74.2 Å². The summed E-state index contributed by atoms with van der Waals surface area (Å²) in [6.45, 7) is 12.4. The van der Waals surface area contributed by atoms with Crippen LogP contribution >= 0.6 is 0 Å². The molecule has 3 nitrogen and oxygen atoms in total. The smallest absolute Gasteiger partial charge is 0.119 e.